The van der Waals surface area contributed by atoms with Gasteiger partial charge in [0.15, 0.2) is 11.6 Å². The number of nitrogens with one attached hydrogen (secondary N) is 1. The lowest BCUT2D eigenvalue weighted by atomic mass is 9.68. The highest BCUT2D eigenvalue weighted by Crippen LogP contribution is 2.48. The van der Waals surface area contributed by atoms with E-state index in [9.17, 15) is 19.2 Å². The molecule has 1 atom stereocenters. The average Bonchev–Trinajstić information content (AvgIpc) is 3.19. The van der Waals surface area contributed by atoms with Gasteiger partial charge in [-0.2, -0.15) is 5.10 Å². The molecule has 4 rings (SSSR count). The van der Waals surface area contributed by atoms with Crippen molar-refractivity contribution in [2.45, 2.75) is 83.1 Å². The normalized spacial score (nSPS) is 32.2. The number of carbonyl (C=O) groups is 4. The summed E-state index contributed by atoms with van der Waals surface area (Å²) in [7, 11) is 0. The molecule has 4 aliphatic rings. The van der Waals surface area contributed by atoms with Crippen molar-refractivity contribution in [3.63, 3.8) is 0 Å². The molecule has 1 unspecified atom stereocenters. The van der Waals surface area contributed by atoms with E-state index < -0.39 is 11.5 Å². The Labute approximate surface area is 153 Å². The Morgan fingerprint density at radius 1 is 0.808 bits per heavy atom. The fraction of sp³-hybridized carbons (Fsp3) is 0.750. The van der Waals surface area contributed by atoms with E-state index in [1.165, 1.54) is 0 Å². The number of rotatable bonds is 2. The van der Waals surface area contributed by atoms with Gasteiger partial charge >= 0.3 is 0 Å². The van der Waals surface area contributed by atoms with Crippen molar-refractivity contribution in [2.24, 2.45) is 15.9 Å². The van der Waals surface area contributed by atoms with Gasteiger partial charge in [0.1, 0.15) is 23.3 Å². The molecule has 26 heavy (non-hydrogen) atoms. The molecule has 4 aliphatic carbocycles. The van der Waals surface area contributed by atoms with Crippen LogP contribution < -0.4 is 5.43 Å². The number of carbonyl (C=O) groups excluding carboxylic acids is 4. The van der Waals surface area contributed by atoms with E-state index in [2.05, 4.69) is 10.5 Å². The second kappa shape index (κ2) is 6.39. The van der Waals surface area contributed by atoms with Crippen LogP contribution in [-0.2, 0) is 19.2 Å². The molecule has 1 N–H and O–H groups in total. The maximum atomic E-state index is 12.6. The highest BCUT2D eigenvalue weighted by Gasteiger charge is 2.51. The first-order valence-electron chi connectivity index (χ1n) is 9.87. The molecule has 0 aromatic heterocycles. The molecule has 0 radical (unpaired) electrons. The molecule has 2 spiro atoms. The van der Waals surface area contributed by atoms with Crippen molar-refractivity contribution in [3.05, 3.63) is 0 Å². The van der Waals surface area contributed by atoms with Crippen LogP contribution in [0.5, 0.6) is 0 Å². The van der Waals surface area contributed by atoms with Gasteiger partial charge in [-0.05, 0) is 25.7 Å². The molecular weight excluding hydrogens is 332 g/mol. The minimum absolute atomic E-state index is 0.00227. The minimum atomic E-state index is -0.487. The van der Waals surface area contributed by atoms with E-state index in [0.717, 1.165) is 51.4 Å². The van der Waals surface area contributed by atoms with Crippen LogP contribution in [0, 0.1) is 10.8 Å². The first-order chi connectivity index (χ1) is 12.4. The summed E-state index contributed by atoms with van der Waals surface area (Å²) in [5, 5.41) is 4.48. The van der Waals surface area contributed by atoms with Gasteiger partial charge in [-0.25, -0.2) is 0 Å². The average molecular weight is 358 g/mol. The summed E-state index contributed by atoms with van der Waals surface area (Å²) in [4.78, 5) is 49.1. The van der Waals surface area contributed by atoms with E-state index in [-0.39, 0.29) is 41.4 Å². The predicted octanol–water partition coefficient (Wildman–Crippen LogP) is 2.29. The first-order valence-corrected chi connectivity index (χ1v) is 9.87. The van der Waals surface area contributed by atoms with Crippen LogP contribution in [0.25, 0.3) is 0 Å². The maximum absolute atomic E-state index is 12.6. The Morgan fingerprint density at radius 2 is 1.42 bits per heavy atom. The Bertz CT molecular complexity index is 697. The summed E-state index contributed by atoms with van der Waals surface area (Å²) < 4.78 is 0. The molecular formula is C20H26N2O4. The van der Waals surface area contributed by atoms with Gasteiger partial charge in [-0.1, -0.05) is 25.7 Å². The molecule has 6 nitrogen and oxygen atoms in total. The van der Waals surface area contributed by atoms with Gasteiger partial charge < -0.3 is 0 Å². The van der Waals surface area contributed by atoms with E-state index in [0.29, 0.717) is 18.6 Å². The van der Waals surface area contributed by atoms with E-state index >= 15 is 0 Å². The highest BCUT2D eigenvalue weighted by molar-refractivity contribution is 6.46. The summed E-state index contributed by atoms with van der Waals surface area (Å²) in [6.45, 7) is 0. The molecule has 0 aromatic rings. The van der Waals surface area contributed by atoms with Gasteiger partial charge in [0, 0.05) is 23.7 Å². The highest BCUT2D eigenvalue weighted by atomic mass is 16.2. The zero-order valence-corrected chi connectivity index (χ0v) is 15.1. The lowest BCUT2D eigenvalue weighted by Gasteiger charge is -2.40. The zero-order chi connectivity index (χ0) is 18.4. The van der Waals surface area contributed by atoms with Crippen LogP contribution in [0.3, 0.4) is 0 Å². The largest absolute Gasteiger partial charge is 0.299 e. The molecule has 0 amide bonds. The Hall–Kier alpha value is -1.85. The molecule has 0 bridgehead atoms. The number of hydrogen-bond donors (Lipinski definition) is 1. The summed E-state index contributed by atoms with van der Waals surface area (Å²) in [5.41, 5.74) is 2.73. The van der Waals surface area contributed by atoms with Gasteiger partial charge in [0.25, 0.3) is 0 Å². The number of nitrogens with zero attached hydrogens (tertiary/aromatic N) is 1. The molecule has 0 heterocycles. The van der Waals surface area contributed by atoms with Crippen molar-refractivity contribution in [1.29, 1.82) is 0 Å². The van der Waals surface area contributed by atoms with E-state index in [1.807, 2.05) is 0 Å². The fourth-order valence-corrected chi connectivity index (χ4v) is 5.81. The van der Waals surface area contributed by atoms with Crippen LogP contribution in [0.2, 0.25) is 0 Å². The lowest BCUT2D eigenvalue weighted by molar-refractivity contribution is -0.137. The third kappa shape index (κ3) is 2.83. The van der Waals surface area contributed by atoms with Gasteiger partial charge in [0.2, 0.25) is 0 Å². The smallest absolute Gasteiger partial charge is 0.186 e. The monoisotopic (exact) mass is 358 g/mol. The number of ketones is 4. The second-order valence-electron chi connectivity index (χ2n) is 8.75. The summed E-state index contributed by atoms with van der Waals surface area (Å²) in [5.74, 6) is -0.278. The SMILES string of the molecule is O=C1CC(=O)C(=NNC2C(=O)CC(=O)CC23CCCC3)C2(CCCC2)C1. The zero-order valence-electron chi connectivity index (χ0n) is 15.1. The lowest BCUT2D eigenvalue weighted by Crippen LogP contribution is -2.53. The molecule has 4 saturated carbocycles. The van der Waals surface area contributed by atoms with Crippen LogP contribution >= 0.6 is 0 Å². The van der Waals surface area contributed by atoms with Crippen molar-refractivity contribution in [3.8, 4) is 0 Å². The number of Topliss-reactive ketones (excluding diaryl/α,β-unsaturated/α-hetero) is 4. The summed E-state index contributed by atoms with van der Waals surface area (Å²) in [6.07, 6.45) is 8.07. The fourth-order valence-electron chi connectivity index (χ4n) is 5.81. The molecule has 4 fully saturated rings. The van der Waals surface area contributed by atoms with Crippen molar-refractivity contribution >= 4 is 28.8 Å². The molecule has 0 aromatic carbocycles. The Morgan fingerprint density at radius 3 is 2.12 bits per heavy atom. The third-order valence-corrected chi connectivity index (χ3v) is 6.98. The quantitative estimate of drug-likeness (QED) is 0.604. The van der Waals surface area contributed by atoms with Crippen molar-refractivity contribution < 1.29 is 19.2 Å². The summed E-state index contributed by atoms with van der Waals surface area (Å²) >= 11 is 0. The maximum Gasteiger partial charge on any atom is 0.186 e. The second-order valence-corrected chi connectivity index (χ2v) is 8.75. The van der Waals surface area contributed by atoms with Crippen molar-refractivity contribution in [1.82, 2.24) is 5.43 Å². The summed E-state index contributed by atoms with van der Waals surface area (Å²) in [6, 6.07) is -0.487. The van der Waals surface area contributed by atoms with Gasteiger partial charge in [-0.3, -0.25) is 24.6 Å². The van der Waals surface area contributed by atoms with Crippen LogP contribution in [0.4, 0.5) is 0 Å². The van der Waals surface area contributed by atoms with Crippen LogP contribution in [-0.4, -0.2) is 34.9 Å². The topological polar surface area (TPSA) is 92.7 Å². The Balaban J connectivity index is 1.62. The third-order valence-electron chi connectivity index (χ3n) is 6.98. The molecule has 0 aliphatic heterocycles. The Kier molecular flexibility index (Phi) is 4.32. The minimum Gasteiger partial charge on any atom is -0.299 e. The van der Waals surface area contributed by atoms with E-state index in [4.69, 9.17) is 0 Å². The molecule has 6 heteroatoms. The van der Waals surface area contributed by atoms with Crippen LogP contribution in [0.15, 0.2) is 5.10 Å². The standard InChI is InChI=1S/C20H26N2O4/c23-13-9-15(25)17(19(11-13)5-1-2-6-19)21-22-18-16(26)10-14(24)12-20(18)7-3-4-8-20/h17,21H,1-12H2. The molecule has 0 saturated heterocycles. The molecule has 140 valence electrons. The van der Waals surface area contributed by atoms with E-state index in [1.54, 1.807) is 0 Å². The number of hydrazone groups is 1. The number of hydrogen-bond acceptors (Lipinski definition) is 6. The van der Waals surface area contributed by atoms with Crippen molar-refractivity contribution in [2.75, 3.05) is 0 Å². The van der Waals surface area contributed by atoms with Gasteiger partial charge in [-0.15, -0.1) is 0 Å². The van der Waals surface area contributed by atoms with Crippen LogP contribution in [0.1, 0.15) is 77.0 Å². The first kappa shape index (κ1) is 17.6. The predicted molar refractivity (Wildman–Crippen MR) is 94.7 cm³/mol. The van der Waals surface area contributed by atoms with Gasteiger partial charge in [0.05, 0.1) is 12.8 Å².